The summed E-state index contributed by atoms with van der Waals surface area (Å²) in [7, 11) is 1.93. The van der Waals surface area contributed by atoms with Gasteiger partial charge in [-0.15, -0.1) is 22.7 Å². The van der Waals surface area contributed by atoms with Crippen LogP contribution in [-0.2, 0) is 7.05 Å². The lowest BCUT2D eigenvalue weighted by molar-refractivity contribution is 0.103. The molecule has 0 saturated carbocycles. The first kappa shape index (κ1) is 16.8. The van der Waals surface area contributed by atoms with Gasteiger partial charge in [-0.25, -0.2) is 0 Å². The van der Waals surface area contributed by atoms with Crippen molar-refractivity contribution in [1.82, 2.24) is 9.78 Å². The molecule has 0 saturated heterocycles. The molecule has 130 valence electrons. The number of hydrogen-bond donors (Lipinski definition) is 1. The summed E-state index contributed by atoms with van der Waals surface area (Å²) >= 11 is 3.14. The van der Waals surface area contributed by atoms with Crippen LogP contribution in [0.1, 0.15) is 15.2 Å². The predicted octanol–water partition coefficient (Wildman–Crippen LogP) is 5.44. The molecule has 0 aliphatic carbocycles. The van der Waals surface area contributed by atoms with Crippen LogP contribution in [0.4, 0.5) is 5.69 Å². The zero-order chi connectivity index (χ0) is 18.1. The third-order valence-corrected chi connectivity index (χ3v) is 6.13. The first-order valence-electron chi connectivity index (χ1n) is 8.17. The maximum atomic E-state index is 12.6. The van der Waals surface area contributed by atoms with E-state index in [1.54, 1.807) is 11.3 Å². The van der Waals surface area contributed by atoms with Crippen molar-refractivity contribution in [3.8, 4) is 21.1 Å². The van der Waals surface area contributed by atoms with Crippen LogP contribution in [0, 0.1) is 6.92 Å². The fraction of sp³-hybridized carbons (Fsp3) is 0.100. The highest BCUT2D eigenvalue weighted by Gasteiger charge is 2.15. The molecular weight excluding hydrogens is 362 g/mol. The lowest BCUT2D eigenvalue weighted by Crippen LogP contribution is -2.10. The summed E-state index contributed by atoms with van der Waals surface area (Å²) in [5, 5.41) is 9.62. The topological polar surface area (TPSA) is 46.9 Å². The lowest BCUT2D eigenvalue weighted by Gasteiger charge is -2.06. The third-order valence-electron chi connectivity index (χ3n) is 4.13. The summed E-state index contributed by atoms with van der Waals surface area (Å²) in [6.45, 7) is 1.98. The summed E-state index contributed by atoms with van der Waals surface area (Å²) in [5.41, 5.74) is 3.85. The second kappa shape index (κ2) is 6.90. The van der Waals surface area contributed by atoms with Crippen LogP contribution in [0.5, 0.6) is 0 Å². The molecular formula is C20H17N3OS2. The number of aryl methyl sites for hydroxylation is 2. The van der Waals surface area contributed by atoms with E-state index >= 15 is 0 Å². The molecule has 4 nitrogen and oxygen atoms in total. The second-order valence-electron chi connectivity index (χ2n) is 5.95. The maximum absolute atomic E-state index is 12.6. The van der Waals surface area contributed by atoms with Gasteiger partial charge < -0.3 is 5.32 Å². The Morgan fingerprint density at radius 3 is 2.69 bits per heavy atom. The van der Waals surface area contributed by atoms with Crippen molar-refractivity contribution < 1.29 is 4.79 Å². The molecule has 0 spiro atoms. The first-order valence-corrected chi connectivity index (χ1v) is 9.86. The Labute approximate surface area is 159 Å². The van der Waals surface area contributed by atoms with Gasteiger partial charge in [0.15, 0.2) is 0 Å². The monoisotopic (exact) mass is 379 g/mol. The standard InChI is InChI=1S/C20H17N3OS2/c1-13-6-3-4-7-14(13)21-20(24)19-10-9-18(26-19)16-12-15(22-23(16)2)17-8-5-11-25-17/h3-12H,1-2H3,(H,21,24). The van der Waals surface area contributed by atoms with Crippen molar-refractivity contribution in [3.63, 3.8) is 0 Å². The third kappa shape index (κ3) is 3.21. The molecule has 0 atom stereocenters. The fourth-order valence-electron chi connectivity index (χ4n) is 2.74. The van der Waals surface area contributed by atoms with E-state index in [-0.39, 0.29) is 5.91 Å². The molecule has 0 aliphatic heterocycles. The summed E-state index contributed by atoms with van der Waals surface area (Å²) in [5.74, 6) is -0.0869. The van der Waals surface area contributed by atoms with Gasteiger partial charge in [0, 0.05) is 12.7 Å². The average molecular weight is 380 g/mol. The zero-order valence-corrected chi connectivity index (χ0v) is 16.0. The molecule has 4 aromatic rings. The van der Waals surface area contributed by atoms with Crippen LogP contribution in [0.15, 0.2) is 60.0 Å². The minimum atomic E-state index is -0.0869. The van der Waals surface area contributed by atoms with Crippen LogP contribution in [-0.4, -0.2) is 15.7 Å². The molecule has 1 aromatic carbocycles. The van der Waals surface area contributed by atoms with Crippen LogP contribution in [0.2, 0.25) is 0 Å². The van der Waals surface area contributed by atoms with Crippen molar-refractivity contribution >= 4 is 34.3 Å². The van der Waals surface area contributed by atoms with Crippen molar-refractivity contribution in [2.75, 3.05) is 5.32 Å². The number of amides is 1. The molecule has 0 radical (unpaired) electrons. The molecule has 3 heterocycles. The van der Waals surface area contributed by atoms with E-state index in [9.17, 15) is 4.79 Å². The molecule has 1 N–H and O–H groups in total. The van der Waals surface area contributed by atoms with E-state index in [1.165, 1.54) is 11.3 Å². The van der Waals surface area contributed by atoms with E-state index in [2.05, 4.69) is 22.5 Å². The summed E-state index contributed by atoms with van der Waals surface area (Å²) in [4.78, 5) is 15.4. The van der Waals surface area contributed by atoms with Crippen LogP contribution in [0.3, 0.4) is 0 Å². The van der Waals surface area contributed by atoms with Gasteiger partial charge in [0.25, 0.3) is 5.91 Å². The van der Waals surface area contributed by atoms with Gasteiger partial charge >= 0.3 is 0 Å². The first-order chi connectivity index (χ1) is 12.6. The Balaban J connectivity index is 1.58. The normalized spacial score (nSPS) is 10.8. The van der Waals surface area contributed by atoms with Crippen molar-refractivity contribution in [3.05, 3.63) is 70.4 Å². The van der Waals surface area contributed by atoms with Gasteiger partial charge in [0.05, 0.1) is 20.3 Å². The van der Waals surface area contributed by atoms with E-state index in [1.807, 2.05) is 66.5 Å². The van der Waals surface area contributed by atoms with Crippen molar-refractivity contribution in [2.24, 2.45) is 7.05 Å². The molecule has 0 unspecified atom stereocenters. The molecule has 1 amide bonds. The van der Waals surface area contributed by atoms with Crippen LogP contribution in [0.25, 0.3) is 21.1 Å². The highest BCUT2D eigenvalue weighted by molar-refractivity contribution is 7.17. The molecule has 0 bridgehead atoms. The largest absolute Gasteiger partial charge is 0.321 e. The van der Waals surface area contributed by atoms with E-state index in [0.29, 0.717) is 4.88 Å². The molecule has 3 aromatic heterocycles. The van der Waals surface area contributed by atoms with Gasteiger partial charge in [-0.2, -0.15) is 5.10 Å². The molecule has 0 fully saturated rings. The van der Waals surface area contributed by atoms with Gasteiger partial charge in [-0.05, 0) is 48.2 Å². The predicted molar refractivity (Wildman–Crippen MR) is 109 cm³/mol. The maximum Gasteiger partial charge on any atom is 0.265 e. The minimum Gasteiger partial charge on any atom is -0.321 e. The fourth-order valence-corrected chi connectivity index (χ4v) is 4.37. The SMILES string of the molecule is Cc1ccccc1NC(=O)c1ccc(-c2cc(-c3cccs3)nn2C)s1. The summed E-state index contributed by atoms with van der Waals surface area (Å²) in [6, 6.07) is 17.8. The average Bonchev–Trinajstić information content (AvgIpc) is 3.36. The Morgan fingerprint density at radius 2 is 1.92 bits per heavy atom. The number of carbonyl (C=O) groups is 1. The van der Waals surface area contributed by atoms with Crippen molar-refractivity contribution in [1.29, 1.82) is 0 Å². The number of thiophene rings is 2. The smallest absolute Gasteiger partial charge is 0.265 e. The lowest BCUT2D eigenvalue weighted by atomic mass is 10.2. The number of rotatable bonds is 4. The number of nitrogens with one attached hydrogen (secondary N) is 1. The Kier molecular flexibility index (Phi) is 4.44. The number of nitrogens with zero attached hydrogens (tertiary/aromatic N) is 2. The van der Waals surface area contributed by atoms with E-state index in [4.69, 9.17) is 0 Å². The summed E-state index contributed by atoms with van der Waals surface area (Å²) in [6.07, 6.45) is 0. The minimum absolute atomic E-state index is 0.0869. The van der Waals surface area contributed by atoms with Crippen LogP contribution >= 0.6 is 22.7 Å². The highest BCUT2D eigenvalue weighted by atomic mass is 32.1. The molecule has 26 heavy (non-hydrogen) atoms. The van der Waals surface area contributed by atoms with Crippen molar-refractivity contribution in [2.45, 2.75) is 6.92 Å². The number of benzene rings is 1. The number of aromatic nitrogens is 2. The zero-order valence-electron chi connectivity index (χ0n) is 14.4. The van der Waals surface area contributed by atoms with Gasteiger partial charge in [-0.3, -0.25) is 9.48 Å². The molecule has 0 aliphatic rings. The van der Waals surface area contributed by atoms with Gasteiger partial charge in [0.1, 0.15) is 5.69 Å². The Hall–Kier alpha value is -2.70. The number of hydrogen-bond acceptors (Lipinski definition) is 4. The van der Waals surface area contributed by atoms with Gasteiger partial charge in [-0.1, -0.05) is 24.3 Å². The summed E-state index contributed by atoms with van der Waals surface area (Å²) < 4.78 is 1.86. The number of para-hydroxylation sites is 1. The van der Waals surface area contributed by atoms with E-state index < -0.39 is 0 Å². The number of carbonyl (C=O) groups excluding carboxylic acids is 1. The Morgan fingerprint density at radius 1 is 1.08 bits per heavy atom. The quantitative estimate of drug-likeness (QED) is 0.513. The molecule has 4 rings (SSSR count). The number of anilines is 1. The second-order valence-corrected chi connectivity index (χ2v) is 7.98. The highest BCUT2D eigenvalue weighted by Crippen LogP contribution is 2.32. The van der Waals surface area contributed by atoms with Crippen LogP contribution < -0.4 is 5.32 Å². The van der Waals surface area contributed by atoms with Gasteiger partial charge in [0.2, 0.25) is 0 Å². The Bertz CT molecular complexity index is 1060. The van der Waals surface area contributed by atoms with E-state index in [0.717, 1.165) is 32.4 Å². The molecule has 6 heteroatoms.